The van der Waals surface area contributed by atoms with Crippen LogP contribution in [0.5, 0.6) is 0 Å². The second-order valence-electron chi connectivity index (χ2n) is 4.46. The van der Waals surface area contributed by atoms with Crippen molar-refractivity contribution in [1.82, 2.24) is 15.3 Å². The van der Waals surface area contributed by atoms with Crippen LogP contribution < -0.4 is 10.2 Å². The fourth-order valence-electron chi connectivity index (χ4n) is 2.14. The molecule has 2 heterocycles. The van der Waals surface area contributed by atoms with Crippen LogP contribution in [0.15, 0.2) is 12.4 Å². The van der Waals surface area contributed by atoms with Crippen LogP contribution >= 0.6 is 0 Å². The third-order valence-electron chi connectivity index (χ3n) is 3.16. The van der Waals surface area contributed by atoms with Crippen LogP contribution in [0.3, 0.4) is 0 Å². The minimum atomic E-state index is 0.755. The van der Waals surface area contributed by atoms with Gasteiger partial charge in [0.2, 0.25) is 0 Å². The van der Waals surface area contributed by atoms with Crippen molar-refractivity contribution in [2.45, 2.75) is 19.8 Å². The van der Waals surface area contributed by atoms with E-state index in [1.165, 1.54) is 6.42 Å². The van der Waals surface area contributed by atoms with E-state index >= 15 is 0 Å². The number of nitrogens with one attached hydrogen (secondary N) is 1. The van der Waals surface area contributed by atoms with Gasteiger partial charge in [0.15, 0.2) is 0 Å². The Labute approximate surface area is 97.1 Å². The largest absolute Gasteiger partial charge is 0.359 e. The number of hydrogen-bond acceptors (Lipinski definition) is 4. The van der Waals surface area contributed by atoms with E-state index in [1.807, 2.05) is 0 Å². The molecule has 1 aromatic rings. The SMILES string of the molecule is CCc1cc(N(C)CC2CCNC2)ncn1. The van der Waals surface area contributed by atoms with Crippen LogP contribution in [-0.2, 0) is 6.42 Å². The number of rotatable bonds is 4. The van der Waals surface area contributed by atoms with Crippen molar-refractivity contribution in [3.05, 3.63) is 18.1 Å². The van der Waals surface area contributed by atoms with Gasteiger partial charge in [-0.15, -0.1) is 0 Å². The number of hydrogen-bond donors (Lipinski definition) is 1. The predicted octanol–water partition coefficient (Wildman–Crippen LogP) is 1.08. The molecule has 0 spiro atoms. The van der Waals surface area contributed by atoms with Crippen molar-refractivity contribution in [2.75, 3.05) is 31.6 Å². The van der Waals surface area contributed by atoms with Crippen LogP contribution in [0.1, 0.15) is 19.0 Å². The van der Waals surface area contributed by atoms with Crippen molar-refractivity contribution in [3.8, 4) is 0 Å². The molecule has 0 bridgehead atoms. The summed E-state index contributed by atoms with van der Waals surface area (Å²) >= 11 is 0. The van der Waals surface area contributed by atoms with Crippen molar-refractivity contribution in [1.29, 1.82) is 0 Å². The van der Waals surface area contributed by atoms with Crippen LogP contribution in [0.25, 0.3) is 0 Å². The van der Waals surface area contributed by atoms with Gasteiger partial charge in [0.25, 0.3) is 0 Å². The van der Waals surface area contributed by atoms with Crippen LogP contribution in [-0.4, -0.2) is 36.6 Å². The summed E-state index contributed by atoms with van der Waals surface area (Å²) in [6.07, 6.45) is 3.90. The highest BCUT2D eigenvalue weighted by atomic mass is 15.2. The van der Waals surface area contributed by atoms with Gasteiger partial charge in [0.05, 0.1) is 0 Å². The Morgan fingerprint density at radius 2 is 2.38 bits per heavy atom. The van der Waals surface area contributed by atoms with Gasteiger partial charge in [-0.25, -0.2) is 9.97 Å². The summed E-state index contributed by atoms with van der Waals surface area (Å²) in [6, 6.07) is 2.09. The van der Waals surface area contributed by atoms with E-state index in [-0.39, 0.29) is 0 Å². The summed E-state index contributed by atoms with van der Waals surface area (Å²) in [7, 11) is 2.11. The molecule has 0 saturated carbocycles. The molecule has 0 radical (unpaired) electrons. The summed E-state index contributed by atoms with van der Waals surface area (Å²) in [6.45, 7) is 5.48. The summed E-state index contributed by atoms with van der Waals surface area (Å²) in [5, 5.41) is 3.39. The standard InChI is InChI=1S/C12H20N4/c1-3-11-6-12(15-9-14-11)16(2)8-10-4-5-13-7-10/h6,9-10,13H,3-5,7-8H2,1-2H3. The Kier molecular flexibility index (Phi) is 3.72. The monoisotopic (exact) mass is 220 g/mol. The number of nitrogens with zero attached hydrogens (tertiary/aromatic N) is 3. The van der Waals surface area contributed by atoms with E-state index in [1.54, 1.807) is 6.33 Å². The van der Waals surface area contributed by atoms with Crippen LogP contribution in [0.4, 0.5) is 5.82 Å². The second kappa shape index (κ2) is 5.25. The van der Waals surface area contributed by atoms with E-state index in [0.29, 0.717) is 0 Å². The molecule has 1 N–H and O–H groups in total. The van der Waals surface area contributed by atoms with Gasteiger partial charge in [0.1, 0.15) is 12.1 Å². The Morgan fingerprint density at radius 1 is 1.50 bits per heavy atom. The smallest absolute Gasteiger partial charge is 0.131 e. The molecule has 1 aromatic heterocycles. The van der Waals surface area contributed by atoms with Gasteiger partial charge >= 0.3 is 0 Å². The van der Waals surface area contributed by atoms with Crippen molar-refractivity contribution in [3.63, 3.8) is 0 Å². The molecular formula is C12H20N4. The molecule has 4 nitrogen and oxygen atoms in total. The van der Waals surface area contributed by atoms with Gasteiger partial charge < -0.3 is 10.2 Å². The normalized spacial score (nSPS) is 20.0. The van der Waals surface area contributed by atoms with Crippen LogP contribution in [0, 0.1) is 5.92 Å². The van der Waals surface area contributed by atoms with E-state index in [2.05, 4.69) is 40.2 Å². The fourth-order valence-corrected chi connectivity index (χ4v) is 2.14. The van der Waals surface area contributed by atoms with Gasteiger partial charge in [-0.1, -0.05) is 6.92 Å². The first-order valence-corrected chi connectivity index (χ1v) is 6.02. The average molecular weight is 220 g/mol. The molecule has 88 valence electrons. The van der Waals surface area contributed by atoms with Crippen molar-refractivity contribution < 1.29 is 0 Å². The molecule has 1 atom stereocenters. The van der Waals surface area contributed by atoms with Crippen molar-refractivity contribution >= 4 is 5.82 Å². The minimum absolute atomic E-state index is 0.755. The Balaban J connectivity index is 1.98. The second-order valence-corrected chi connectivity index (χ2v) is 4.46. The third-order valence-corrected chi connectivity index (χ3v) is 3.16. The van der Waals surface area contributed by atoms with E-state index in [9.17, 15) is 0 Å². The molecule has 4 heteroatoms. The maximum absolute atomic E-state index is 4.32. The summed E-state index contributed by atoms with van der Waals surface area (Å²) < 4.78 is 0. The number of anilines is 1. The Morgan fingerprint density at radius 3 is 3.06 bits per heavy atom. The molecule has 1 aliphatic heterocycles. The molecule has 1 fully saturated rings. The minimum Gasteiger partial charge on any atom is -0.359 e. The highest BCUT2D eigenvalue weighted by molar-refractivity contribution is 5.37. The average Bonchev–Trinajstić information content (AvgIpc) is 2.82. The number of aryl methyl sites for hydroxylation is 1. The maximum atomic E-state index is 4.32. The van der Waals surface area contributed by atoms with Crippen molar-refractivity contribution in [2.24, 2.45) is 5.92 Å². The molecule has 1 aliphatic rings. The lowest BCUT2D eigenvalue weighted by atomic mass is 10.1. The molecule has 0 amide bonds. The van der Waals surface area contributed by atoms with Gasteiger partial charge in [0, 0.05) is 25.4 Å². The first kappa shape index (κ1) is 11.3. The zero-order chi connectivity index (χ0) is 11.4. The number of aromatic nitrogens is 2. The fraction of sp³-hybridized carbons (Fsp3) is 0.667. The Hall–Kier alpha value is -1.16. The molecule has 1 unspecified atom stereocenters. The lowest BCUT2D eigenvalue weighted by molar-refractivity contribution is 0.575. The quantitative estimate of drug-likeness (QED) is 0.824. The topological polar surface area (TPSA) is 41.0 Å². The molecule has 1 saturated heterocycles. The summed E-state index contributed by atoms with van der Waals surface area (Å²) in [4.78, 5) is 10.8. The lowest BCUT2D eigenvalue weighted by Gasteiger charge is -2.21. The summed E-state index contributed by atoms with van der Waals surface area (Å²) in [5.74, 6) is 1.80. The zero-order valence-electron chi connectivity index (χ0n) is 10.1. The van der Waals surface area contributed by atoms with Gasteiger partial charge in [-0.3, -0.25) is 0 Å². The van der Waals surface area contributed by atoms with E-state index < -0.39 is 0 Å². The molecule has 16 heavy (non-hydrogen) atoms. The summed E-state index contributed by atoms with van der Waals surface area (Å²) in [5.41, 5.74) is 1.11. The highest BCUT2D eigenvalue weighted by Crippen LogP contribution is 2.14. The highest BCUT2D eigenvalue weighted by Gasteiger charge is 2.17. The molecule has 0 aromatic carbocycles. The lowest BCUT2D eigenvalue weighted by Crippen LogP contribution is -2.27. The third kappa shape index (κ3) is 2.70. The molecule has 0 aliphatic carbocycles. The van der Waals surface area contributed by atoms with Gasteiger partial charge in [-0.05, 0) is 31.8 Å². The van der Waals surface area contributed by atoms with Gasteiger partial charge in [-0.2, -0.15) is 0 Å². The van der Waals surface area contributed by atoms with Crippen LogP contribution in [0.2, 0.25) is 0 Å². The predicted molar refractivity (Wildman–Crippen MR) is 65.7 cm³/mol. The molecule has 2 rings (SSSR count). The molecular weight excluding hydrogens is 200 g/mol. The first-order valence-electron chi connectivity index (χ1n) is 6.02. The zero-order valence-corrected chi connectivity index (χ0v) is 10.1. The van der Waals surface area contributed by atoms with E-state index in [4.69, 9.17) is 0 Å². The Bertz CT molecular complexity index is 334. The first-order chi connectivity index (χ1) is 7.79. The van der Waals surface area contributed by atoms with E-state index in [0.717, 1.165) is 43.5 Å². The maximum Gasteiger partial charge on any atom is 0.131 e.